The van der Waals surface area contributed by atoms with Gasteiger partial charge in [0.25, 0.3) is 0 Å². The second kappa shape index (κ2) is 6.45. The minimum atomic E-state index is 0.151. The van der Waals surface area contributed by atoms with Crippen LogP contribution in [0, 0.1) is 0 Å². The number of fused-ring (bicyclic) bond motifs is 1. The van der Waals surface area contributed by atoms with Gasteiger partial charge in [-0.05, 0) is 47.1 Å². The Labute approximate surface area is 132 Å². The molecule has 1 N–H and O–H groups in total. The third kappa shape index (κ3) is 3.19. The Bertz CT molecular complexity index is 633. The molecule has 4 nitrogen and oxygen atoms in total. The standard InChI is InChI=1S/C16H17BrN2O2/c1-18-14(8-11-7-12(17)10-19-9-11)13-3-2-4-15-16(13)21-6-5-20-15/h2-4,7,9-10,14,18H,5-6,8H2,1H3. The molecule has 0 aliphatic carbocycles. The molecule has 1 unspecified atom stereocenters. The van der Waals surface area contributed by atoms with Crippen molar-refractivity contribution in [2.24, 2.45) is 0 Å². The van der Waals surface area contributed by atoms with E-state index in [9.17, 15) is 0 Å². The van der Waals surface area contributed by atoms with Crippen LogP contribution >= 0.6 is 15.9 Å². The van der Waals surface area contributed by atoms with Gasteiger partial charge in [0.2, 0.25) is 0 Å². The predicted octanol–water partition coefficient (Wildman–Crippen LogP) is 3.12. The average Bonchev–Trinajstić information content (AvgIpc) is 2.52. The van der Waals surface area contributed by atoms with Crippen LogP contribution in [-0.2, 0) is 6.42 Å². The zero-order valence-electron chi connectivity index (χ0n) is 11.8. The molecule has 5 heteroatoms. The Morgan fingerprint density at radius 3 is 2.95 bits per heavy atom. The molecule has 1 aromatic heterocycles. The van der Waals surface area contributed by atoms with Gasteiger partial charge in [-0.25, -0.2) is 0 Å². The first-order valence-corrected chi connectivity index (χ1v) is 7.72. The van der Waals surface area contributed by atoms with Crippen molar-refractivity contribution in [1.82, 2.24) is 10.3 Å². The first-order chi connectivity index (χ1) is 10.3. The van der Waals surface area contributed by atoms with Crippen LogP contribution in [0.5, 0.6) is 11.5 Å². The maximum Gasteiger partial charge on any atom is 0.166 e. The lowest BCUT2D eigenvalue weighted by Gasteiger charge is -2.25. The summed E-state index contributed by atoms with van der Waals surface area (Å²) in [4.78, 5) is 4.22. The summed E-state index contributed by atoms with van der Waals surface area (Å²) in [5.41, 5.74) is 2.28. The highest BCUT2D eigenvalue weighted by Crippen LogP contribution is 2.37. The highest BCUT2D eigenvalue weighted by molar-refractivity contribution is 9.10. The third-order valence-corrected chi connectivity index (χ3v) is 3.96. The maximum atomic E-state index is 5.81. The van der Waals surface area contributed by atoms with Gasteiger partial charge in [0, 0.05) is 28.5 Å². The fourth-order valence-corrected chi connectivity index (χ4v) is 2.95. The lowest BCUT2D eigenvalue weighted by molar-refractivity contribution is 0.168. The summed E-state index contributed by atoms with van der Waals surface area (Å²) in [6.07, 6.45) is 4.52. The molecule has 1 aliphatic heterocycles. The summed E-state index contributed by atoms with van der Waals surface area (Å²) in [5, 5.41) is 3.36. The van der Waals surface area contributed by atoms with Crippen molar-refractivity contribution in [3.63, 3.8) is 0 Å². The van der Waals surface area contributed by atoms with Crippen LogP contribution in [0.4, 0.5) is 0 Å². The molecule has 3 rings (SSSR count). The lowest BCUT2D eigenvalue weighted by atomic mass is 9.98. The highest BCUT2D eigenvalue weighted by Gasteiger charge is 2.21. The van der Waals surface area contributed by atoms with Gasteiger partial charge in [0.05, 0.1) is 0 Å². The molecule has 0 spiro atoms. The Morgan fingerprint density at radius 2 is 2.14 bits per heavy atom. The number of nitrogens with one attached hydrogen (secondary N) is 1. The largest absolute Gasteiger partial charge is 0.486 e. The molecule has 0 fully saturated rings. The van der Waals surface area contributed by atoms with Crippen molar-refractivity contribution < 1.29 is 9.47 Å². The third-order valence-electron chi connectivity index (χ3n) is 3.52. The number of ether oxygens (including phenoxy) is 2. The van der Waals surface area contributed by atoms with E-state index in [4.69, 9.17) is 9.47 Å². The first kappa shape index (κ1) is 14.4. The van der Waals surface area contributed by atoms with Gasteiger partial charge in [-0.3, -0.25) is 4.98 Å². The molecule has 2 aromatic rings. The molecule has 1 aliphatic rings. The monoisotopic (exact) mass is 348 g/mol. The number of likely N-dealkylation sites (N-methyl/N-ethyl adjacent to an activating group) is 1. The van der Waals surface area contributed by atoms with Crippen molar-refractivity contribution >= 4 is 15.9 Å². The lowest BCUT2D eigenvalue weighted by Crippen LogP contribution is -2.23. The van der Waals surface area contributed by atoms with Gasteiger partial charge in [-0.15, -0.1) is 0 Å². The SMILES string of the molecule is CNC(Cc1cncc(Br)c1)c1cccc2c1OCCO2. The Kier molecular flexibility index (Phi) is 4.41. The molecule has 0 bridgehead atoms. The van der Waals surface area contributed by atoms with Crippen LogP contribution in [0.1, 0.15) is 17.2 Å². The Hall–Kier alpha value is -1.59. The van der Waals surface area contributed by atoms with E-state index >= 15 is 0 Å². The average molecular weight is 349 g/mol. The number of halogens is 1. The molecular formula is C16H17BrN2O2. The van der Waals surface area contributed by atoms with Crippen molar-refractivity contribution in [2.75, 3.05) is 20.3 Å². The van der Waals surface area contributed by atoms with Crippen LogP contribution in [0.2, 0.25) is 0 Å². The Morgan fingerprint density at radius 1 is 1.29 bits per heavy atom. The molecule has 21 heavy (non-hydrogen) atoms. The number of hydrogen-bond donors (Lipinski definition) is 1. The number of benzene rings is 1. The van der Waals surface area contributed by atoms with Gasteiger partial charge in [0.15, 0.2) is 11.5 Å². The Balaban J connectivity index is 1.90. The van der Waals surface area contributed by atoms with Crippen LogP contribution in [-0.4, -0.2) is 25.2 Å². The molecule has 0 radical (unpaired) electrons. The molecule has 0 saturated carbocycles. The van der Waals surface area contributed by atoms with E-state index in [1.54, 1.807) is 6.20 Å². The fraction of sp³-hybridized carbons (Fsp3) is 0.312. The van der Waals surface area contributed by atoms with Gasteiger partial charge in [-0.2, -0.15) is 0 Å². The first-order valence-electron chi connectivity index (χ1n) is 6.93. The van der Waals surface area contributed by atoms with Crippen molar-refractivity contribution in [3.8, 4) is 11.5 Å². The molecular weight excluding hydrogens is 332 g/mol. The minimum Gasteiger partial charge on any atom is -0.486 e. The molecule has 0 amide bonds. The predicted molar refractivity (Wildman–Crippen MR) is 84.9 cm³/mol. The second-order valence-electron chi connectivity index (χ2n) is 4.93. The number of hydrogen-bond acceptors (Lipinski definition) is 4. The van der Waals surface area contributed by atoms with E-state index in [1.807, 2.05) is 25.4 Å². The normalized spacial score (nSPS) is 14.8. The zero-order valence-corrected chi connectivity index (χ0v) is 13.4. The minimum absolute atomic E-state index is 0.151. The number of aromatic nitrogens is 1. The molecule has 1 atom stereocenters. The fourth-order valence-electron chi connectivity index (χ4n) is 2.54. The zero-order chi connectivity index (χ0) is 14.7. The van der Waals surface area contributed by atoms with E-state index in [2.05, 4.69) is 38.4 Å². The smallest absolute Gasteiger partial charge is 0.166 e. The molecule has 110 valence electrons. The van der Waals surface area contributed by atoms with Crippen molar-refractivity contribution in [3.05, 3.63) is 52.3 Å². The highest BCUT2D eigenvalue weighted by atomic mass is 79.9. The molecule has 2 heterocycles. The van der Waals surface area contributed by atoms with Gasteiger partial charge >= 0.3 is 0 Å². The van der Waals surface area contributed by atoms with Gasteiger partial charge in [-0.1, -0.05) is 12.1 Å². The van der Waals surface area contributed by atoms with E-state index in [0.717, 1.165) is 33.5 Å². The van der Waals surface area contributed by atoms with E-state index in [-0.39, 0.29) is 6.04 Å². The van der Waals surface area contributed by atoms with E-state index in [1.165, 1.54) is 0 Å². The van der Waals surface area contributed by atoms with Crippen LogP contribution < -0.4 is 14.8 Å². The van der Waals surface area contributed by atoms with Crippen molar-refractivity contribution in [2.45, 2.75) is 12.5 Å². The van der Waals surface area contributed by atoms with Crippen LogP contribution in [0.3, 0.4) is 0 Å². The number of pyridine rings is 1. The summed E-state index contributed by atoms with van der Waals surface area (Å²) in [6.45, 7) is 1.20. The quantitative estimate of drug-likeness (QED) is 0.921. The summed E-state index contributed by atoms with van der Waals surface area (Å²) < 4.78 is 12.5. The summed E-state index contributed by atoms with van der Waals surface area (Å²) in [7, 11) is 1.96. The maximum absolute atomic E-state index is 5.81. The number of rotatable bonds is 4. The molecule has 1 aromatic carbocycles. The van der Waals surface area contributed by atoms with E-state index in [0.29, 0.717) is 13.2 Å². The van der Waals surface area contributed by atoms with Crippen LogP contribution in [0.15, 0.2) is 41.1 Å². The van der Waals surface area contributed by atoms with Crippen molar-refractivity contribution in [1.29, 1.82) is 0 Å². The van der Waals surface area contributed by atoms with E-state index < -0.39 is 0 Å². The number of nitrogens with zero attached hydrogens (tertiary/aromatic N) is 1. The number of para-hydroxylation sites is 1. The van der Waals surface area contributed by atoms with Gasteiger partial charge < -0.3 is 14.8 Å². The summed E-state index contributed by atoms with van der Waals surface area (Å²) >= 11 is 3.46. The molecule has 0 saturated heterocycles. The van der Waals surface area contributed by atoms with Gasteiger partial charge in [0.1, 0.15) is 13.2 Å². The summed E-state index contributed by atoms with van der Waals surface area (Å²) in [6, 6.07) is 8.28. The summed E-state index contributed by atoms with van der Waals surface area (Å²) in [5.74, 6) is 1.68. The topological polar surface area (TPSA) is 43.4 Å². The second-order valence-corrected chi connectivity index (χ2v) is 5.84. The van der Waals surface area contributed by atoms with Crippen LogP contribution in [0.25, 0.3) is 0 Å².